The minimum atomic E-state index is -0.582. The summed E-state index contributed by atoms with van der Waals surface area (Å²) in [5.41, 5.74) is 1.78. The zero-order valence-electron chi connectivity index (χ0n) is 10.2. The number of aryl methyl sites for hydroxylation is 1. The molecular formula is C13H11F2N3S. The first-order chi connectivity index (χ1) is 9.10. The maximum Gasteiger partial charge on any atom is 0.127 e. The van der Waals surface area contributed by atoms with Crippen LogP contribution in [-0.2, 0) is 6.42 Å². The third-order valence-corrected chi connectivity index (χ3v) is 3.49. The summed E-state index contributed by atoms with van der Waals surface area (Å²) in [6, 6.07) is 5.52. The Bertz CT molecular complexity index is 611. The SMILES string of the molecule is Cc1nsc(NCCc2cc(F)cc(F)c2)c1C#N. The Morgan fingerprint density at radius 1 is 1.32 bits per heavy atom. The minimum Gasteiger partial charge on any atom is -0.374 e. The molecule has 0 spiro atoms. The van der Waals surface area contributed by atoms with E-state index in [0.29, 0.717) is 34.8 Å². The van der Waals surface area contributed by atoms with Crippen molar-refractivity contribution in [1.29, 1.82) is 5.26 Å². The van der Waals surface area contributed by atoms with Crippen LogP contribution >= 0.6 is 11.5 Å². The van der Waals surface area contributed by atoms with Gasteiger partial charge in [0.2, 0.25) is 0 Å². The molecule has 1 heterocycles. The van der Waals surface area contributed by atoms with Gasteiger partial charge in [-0.2, -0.15) is 9.64 Å². The second kappa shape index (κ2) is 5.76. The Labute approximate surface area is 113 Å². The molecule has 0 aliphatic carbocycles. The highest BCUT2D eigenvalue weighted by Crippen LogP contribution is 2.23. The van der Waals surface area contributed by atoms with Gasteiger partial charge in [-0.05, 0) is 42.6 Å². The molecule has 19 heavy (non-hydrogen) atoms. The fourth-order valence-electron chi connectivity index (χ4n) is 1.70. The van der Waals surface area contributed by atoms with Crippen LogP contribution in [0.5, 0.6) is 0 Å². The number of halogens is 2. The molecule has 0 aliphatic heterocycles. The summed E-state index contributed by atoms with van der Waals surface area (Å²) < 4.78 is 30.1. The van der Waals surface area contributed by atoms with Crippen molar-refractivity contribution >= 4 is 16.5 Å². The number of nitrogens with one attached hydrogen (secondary N) is 1. The van der Waals surface area contributed by atoms with Gasteiger partial charge in [0.1, 0.15) is 28.3 Å². The number of aromatic nitrogens is 1. The van der Waals surface area contributed by atoms with Crippen LogP contribution in [0.15, 0.2) is 18.2 Å². The number of benzene rings is 1. The first-order valence-electron chi connectivity index (χ1n) is 5.65. The van der Waals surface area contributed by atoms with Crippen molar-refractivity contribution in [3.8, 4) is 6.07 Å². The molecule has 0 atom stereocenters. The summed E-state index contributed by atoms with van der Waals surface area (Å²) >= 11 is 1.21. The Morgan fingerprint density at radius 2 is 2.00 bits per heavy atom. The molecule has 6 heteroatoms. The average molecular weight is 279 g/mol. The van der Waals surface area contributed by atoms with E-state index in [4.69, 9.17) is 5.26 Å². The van der Waals surface area contributed by atoms with Crippen LogP contribution in [0.25, 0.3) is 0 Å². The van der Waals surface area contributed by atoms with Crippen molar-refractivity contribution in [2.45, 2.75) is 13.3 Å². The van der Waals surface area contributed by atoms with Gasteiger partial charge in [-0.1, -0.05) is 0 Å². The van der Waals surface area contributed by atoms with E-state index in [1.165, 1.54) is 23.7 Å². The Kier molecular flexibility index (Phi) is 4.07. The molecule has 2 rings (SSSR count). The number of hydrogen-bond donors (Lipinski definition) is 1. The quantitative estimate of drug-likeness (QED) is 0.934. The summed E-state index contributed by atoms with van der Waals surface area (Å²) in [4.78, 5) is 0. The molecule has 0 fully saturated rings. The van der Waals surface area contributed by atoms with Gasteiger partial charge >= 0.3 is 0 Å². The average Bonchev–Trinajstić information content (AvgIpc) is 2.69. The second-order valence-corrected chi connectivity index (χ2v) is 4.81. The summed E-state index contributed by atoms with van der Waals surface area (Å²) in [5.74, 6) is -1.16. The highest BCUT2D eigenvalue weighted by atomic mass is 32.1. The Hall–Kier alpha value is -2.00. The van der Waals surface area contributed by atoms with Gasteiger partial charge in [0.15, 0.2) is 0 Å². The molecular weight excluding hydrogens is 268 g/mol. The fourth-order valence-corrected chi connectivity index (χ4v) is 2.47. The minimum absolute atomic E-state index is 0.469. The summed E-state index contributed by atoms with van der Waals surface area (Å²) in [5, 5.41) is 12.7. The molecule has 2 aromatic rings. The van der Waals surface area contributed by atoms with Crippen LogP contribution in [0, 0.1) is 29.9 Å². The Balaban J connectivity index is 1.98. The molecule has 0 amide bonds. The normalized spacial score (nSPS) is 10.2. The monoisotopic (exact) mass is 279 g/mol. The van der Waals surface area contributed by atoms with Crippen LogP contribution in [0.4, 0.5) is 13.8 Å². The van der Waals surface area contributed by atoms with E-state index in [-0.39, 0.29) is 0 Å². The van der Waals surface area contributed by atoms with Gasteiger partial charge in [-0.3, -0.25) is 0 Å². The molecule has 0 aliphatic rings. The van der Waals surface area contributed by atoms with Gasteiger partial charge in [0.05, 0.1) is 5.69 Å². The molecule has 1 N–H and O–H groups in total. The third-order valence-electron chi connectivity index (χ3n) is 2.60. The largest absolute Gasteiger partial charge is 0.374 e. The number of nitrogens with zero attached hydrogens (tertiary/aromatic N) is 2. The summed E-state index contributed by atoms with van der Waals surface area (Å²) in [6.45, 7) is 2.25. The molecule has 3 nitrogen and oxygen atoms in total. The lowest BCUT2D eigenvalue weighted by Crippen LogP contribution is -2.05. The second-order valence-electron chi connectivity index (χ2n) is 4.04. The third kappa shape index (κ3) is 3.26. The van der Waals surface area contributed by atoms with E-state index in [2.05, 4.69) is 15.8 Å². The molecule has 1 aromatic carbocycles. The van der Waals surface area contributed by atoms with Gasteiger partial charge < -0.3 is 5.32 Å². The molecule has 0 saturated heterocycles. The molecule has 0 bridgehead atoms. The highest BCUT2D eigenvalue weighted by molar-refractivity contribution is 7.10. The first-order valence-corrected chi connectivity index (χ1v) is 6.42. The zero-order valence-corrected chi connectivity index (χ0v) is 11.0. The number of nitriles is 1. The number of hydrogen-bond acceptors (Lipinski definition) is 4. The van der Waals surface area contributed by atoms with Crippen molar-refractivity contribution in [3.63, 3.8) is 0 Å². The van der Waals surface area contributed by atoms with Crippen LogP contribution in [0.1, 0.15) is 16.8 Å². The van der Waals surface area contributed by atoms with Gasteiger partial charge in [-0.15, -0.1) is 0 Å². The van der Waals surface area contributed by atoms with Crippen LogP contribution in [0.3, 0.4) is 0 Å². The van der Waals surface area contributed by atoms with Crippen LogP contribution < -0.4 is 5.32 Å². The van der Waals surface area contributed by atoms with Crippen molar-refractivity contribution in [1.82, 2.24) is 4.37 Å². The van der Waals surface area contributed by atoms with Gasteiger partial charge in [0, 0.05) is 12.6 Å². The molecule has 0 unspecified atom stereocenters. The van der Waals surface area contributed by atoms with E-state index in [1.807, 2.05) is 0 Å². The van der Waals surface area contributed by atoms with Crippen LogP contribution in [-0.4, -0.2) is 10.9 Å². The smallest absolute Gasteiger partial charge is 0.127 e. The lowest BCUT2D eigenvalue weighted by Gasteiger charge is -2.04. The Morgan fingerprint density at radius 3 is 2.63 bits per heavy atom. The predicted octanol–water partition coefficient (Wildman–Crippen LogP) is 3.26. The van der Waals surface area contributed by atoms with Gasteiger partial charge in [0.25, 0.3) is 0 Å². The molecule has 0 radical (unpaired) electrons. The molecule has 0 saturated carbocycles. The molecule has 1 aromatic heterocycles. The maximum absolute atomic E-state index is 13.0. The topological polar surface area (TPSA) is 48.7 Å². The zero-order chi connectivity index (χ0) is 13.8. The first kappa shape index (κ1) is 13.4. The van der Waals surface area contributed by atoms with Crippen molar-refractivity contribution in [3.05, 3.63) is 46.7 Å². The van der Waals surface area contributed by atoms with Crippen LogP contribution in [0.2, 0.25) is 0 Å². The number of anilines is 1. The standard InChI is InChI=1S/C13H11F2N3S/c1-8-12(7-16)13(19-18-8)17-3-2-9-4-10(14)6-11(15)5-9/h4-6,17H,2-3H2,1H3. The summed E-state index contributed by atoms with van der Waals surface area (Å²) in [7, 11) is 0. The van der Waals surface area contributed by atoms with E-state index in [9.17, 15) is 8.78 Å². The van der Waals surface area contributed by atoms with E-state index < -0.39 is 11.6 Å². The molecule has 98 valence electrons. The van der Waals surface area contributed by atoms with Crippen molar-refractivity contribution < 1.29 is 8.78 Å². The van der Waals surface area contributed by atoms with Gasteiger partial charge in [-0.25, -0.2) is 8.78 Å². The summed E-state index contributed by atoms with van der Waals surface area (Å²) in [6.07, 6.45) is 0.469. The lowest BCUT2D eigenvalue weighted by molar-refractivity contribution is 0.580. The van der Waals surface area contributed by atoms with Crippen molar-refractivity contribution in [2.24, 2.45) is 0 Å². The van der Waals surface area contributed by atoms with E-state index in [0.717, 1.165) is 6.07 Å². The predicted molar refractivity (Wildman–Crippen MR) is 70.1 cm³/mol. The van der Waals surface area contributed by atoms with Crippen molar-refractivity contribution in [2.75, 3.05) is 11.9 Å². The lowest BCUT2D eigenvalue weighted by atomic mass is 10.1. The number of rotatable bonds is 4. The van der Waals surface area contributed by atoms with E-state index >= 15 is 0 Å². The maximum atomic E-state index is 13.0. The highest BCUT2D eigenvalue weighted by Gasteiger charge is 2.09. The fraction of sp³-hybridized carbons (Fsp3) is 0.231. The van der Waals surface area contributed by atoms with E-state index in [1.54, 1.807) is 6.92 Å².